The lowest BCUT2D eigenvalue weighted by Gasteiger charge is -2.49. The number of halogens is 1. The fourth-order valence-corrected chi connectivity index (χ4v) is 1.67. The fraction of sp³-hybridized carbons (Fsp3) is 0.900. The second-order valence-electron chi connectivity index (χ2n) is 4.69. The first-order valence-corrected chi connectivity index (χ1v) is 5.47. The first-order valence-electron chi connectivity index (χ1n) is 4.94. The van der Waals surface area contributed by atoms with Crippen LogP contribution in [0.2, 0.25) is 0 Å². The maximum absolute atomic E-state index is 11.5. The van der Waals surface area contributed by atoms with Crippen LogP contribution in [-0.2, 0) is 4.79 Å². The van der Waals surface area contributed by atoms with Crippen LogP contribution in [0.5, 0.6) is 0 Å². The number of aliphatic hydroxyl groups excluding tert-OH is 1. The normalized spacial score (nSPS) is 31.8. The number of hydrogen-bond donors (Lipinski definition) is 2. The predicted octanol–water partition coefficient (Wildman–Crippen LogP) is 1.14. The van der Waals surface area contributed by atoms with E-state index < -0.39 is 0 Å². The average Bonchev–Trinajstić information content (AvgIpc) is 2.16. The third-order valence-electron chi connectivity index (χ3n) is 3.21. The van der Waals surface area contributed by atoms with Crippen molar-refractivity contribution in [3.63, 3.8) is 0 Å². The predicted molar refractivity (Wildman–Crippen MR) is 56.2 cm³/mol. The fourth-order valence-electron chi connectivity index (χ4n) is 1.53. The molecule has 0 radical (unpaired) electrons. The molecule has 0 spiro atoms. The molecule has 0 saturated heterocycles. The molecule has 4 heteroatoms. The van der Waals surface area contributed by atoms with Crippen LogP contribution in [0, 0.1) is 11.3 Å². The van der Waals surface area contributed by atoms with Crippen molar-refractivity contribution in [2.75, 3.05) is 5.88 Å². The molecule has 0 aromatic rings. The lowest BCUT2D eigenvalue weighted by molar-refractivity contribution is -0.132. The summed E-state index contributed by atoms with van der Waals surface area (Å²) >= 11 is 5.58. The van der Waals surface area contributed by atoms with E-state index in [1.807, 2.05) is 13.8 Å². The highest BCUT2D eigenvalue weighted by Crippen LogP contribution is 2.40. The molecule has 1 aliphatic rings. The van der Waals surface area contributed by atoms with Crippen LogP contribution in [0.1, 0.15) is 27.2 Å². The summed E-state index contributed by atoms with van der Waals surface area (Å²) in [5.41, 5.74) is -0.207. The standard InChI is InChI=1S/C10H18ClNO2/c1-6(5-11)9(14)12-7-4-8(13)10(7,2)3/h6-8,13H,4-5H2,1-3H3,(H,12,14). The van der Waals surface area contributed by atoms with Gasteiger partial charge >= 0.3 is 0 Å². The maximum Gasteiger partial charge on any atom is 0.224 e. The van der Waals surface area contributed by atoms with E-state index in [0.29, 0.717) is 12.3 Å². The molecular formula is C10H18ClNO2. The summed E-state index contributed by atoms with van der Waals surface area (Å²) in [4.78, 5) is 11.5. The van der Waals surface area contributed by atoms with Gasteiger partial charge in [-0.25, -0.2) is 0 Å². The molecule has 0 bridgehead atoms. The van der Waals surface area contributed by atoms with Crippen molar-refractivity contribution in [2.45, 2.75) is 39.3 Å². The van der Waals surface area contributed by atoms with Gasteiger partial charge in [0.05, 0.1) is 6.10 Å². The van der Waals surface area contributed by atoms with Crippen molar-refractivity contribution in [3.05, 3.63) is 0 Å². The zero-order valence-corrected chi connectivity index (χ0v) is 9.64. The molecule has 1 fully saturated rings. The second-order valence-corrected chi connectivity index (χ2v) is 5.00. The van der Waals surface area contributed by atoms with E-state index in [1.54, 1.807) is 6.92 Å². The van der Waals surface area contributed by atoms with Crippen molar-refractivity contribution in [2.24, 2.45) is 11.3 Å². The van der Waals surface area contributed by atoms with Gasteiger partial charge in [0.2, 0.25) is 5.91 Å². The molecule has 82 valence electrons. The number of carbonyl (C=O) groups is 1. The monoisotopic (exact) mass is 219 g/mol. The Kier molecular flexibility index (Phi) is 3.43. The third-order valence-corrected chi connectivity index (χ3v) is 3.67. The summed E-state index contributed by atoms with van der Waals surface area (Å²) in [6.07, 6.45) is 0.340. The maximum atomic E-state index is 11.5. The average molecular weight is 220 g/mol. The van der Waals surface area contributed by atoms with Crippen molar-refractivity contribution < 1.29 is 9.90 Å². The zero-order chi connectivity index (χ0) is 10.9. The Balaban J connectivity index is 2.44. The van der Waals surface area contributed by atoms with E-state index in [-0.39, 0.29) is 29.4 Å². The number of hydrogen-bond acceptors (Lipinski definition) is 2. The van der Waals surface area contributed by atoms with Gasteiger partial charge < -0.3 is 10.4 Å². The van der Waals surface area contributed by atoms with E-state index in [2.05, 4.69) is 5.32 Å². The molecule has 0 heterocycles. The first kappa shape index (κ1) is 11.8. The lowest BCUT2D eigenvalue weighted by Crippen LogP contribution is -2.61. The summed E-state index contributed by atoms with van der Waals surface area (Å²) in [6, 6.07) is 0.0793. The first-order chi connectivity index (χ1) is 6.39. The molecule has 3 atom stereocenters. The SMILES string of the molecule is CC(CCl)C(=O)NC1CC(O)C1(C)C. The van der Waals surface area contributed by atoms with E-state index in [9.17, 15) is 9.90 Å². The van der Waals surface area contributed by atoms with Gasteiger partial charge in [-0.3, -0.25) is 4.79 Å². The van der Waals surface area contributed by atoms with Crippen molar-refractivity contribution in [1.82, 2.24) is 5.32 Å². The van der Waals surface area contributed by atoms with Crippen LogP contribution in [0.15, 0.2) is 0 Å². The molecule has 0 aromatic carbocycles. The van der Waals surface area contributed by atoms with E-state index in [4.69, 9.17) is 11.6 Å². The number of alkyl halides is 1. The molecule has 3 nitrogen and oxygen atoms in total. The Hall–Kier alpha value is -0.280. The minimum absolute atomic E-state index is 0.0232. The van der Waals surface area contributed by atoms with Gasteiger partial charge in [-0.15, -0.1) is 11.6 Å². The molecule has 3 unspecified atom stereocenters. The molecule has 2 N–H and O–H groups in total. The summed E-state index contributed by atoms with van der Waals surface area (Å²) < 4.78 is 0. The summed E-state index contributed by atoms with van der Waals surface area (Å²) in [7, 11) is 0. The minimum Gasteiger partial charge on any atom is -0.392 e. The van der Waals surface area contributed by atoms with Crippen LogP contribution in [0.4, 0.5) is 0 Å². The number of amides is 1. The van der Waals surface area contributed by atoms with Crippen LogP contribution in [0.25, 0.3) is 0 Å². The molecule has 0 aliphatic heterocycles. The van der Waals surface area contributed by atoms with Gasteiger partial charge in [0.15, 0.2) is 0 Å². The van der Waals surface area contributed by atoms with Crippen molar-refractivity contribution >= 4 is 17.5 Å². The highest BCUT2D eigenvalue weighted by molar-refractivity contribution is 6.19. The smallest absolute Gasteiger partial charge is 0.224 e. The number of rotatable bonds is 3. The number of nitrogens with one attached hydrogen (secondary N) is 1. The van der Waals surface area contributed by atoms with Crippen LogP contribution < -0.4 is 5.32 Å². The Morgan fingerprint density at radius 3 is 2.64 bits per heavy atom. The molecule has 1 saturated carbocycles. The quantitative estimate of drug-likeness (QED) is 0.700. The van der Waals surface area contributed by atoms with Gasteiger partial charge in [0.1, 0.15) is 0 Å². The Bertz CT molecular complexity index is 230. The van der Waals surface area contributed by atoms with Gasteiger partial charge in [-0.1, -0.05) is 20.8 Å². The van der Waals surface area contributed by atoms with Gasteiger partial charge in [0.25, 0.3) is 0 Å². The van der Waals surface area contributed by atoms with E-state index >= 15 is 0 Å². The van der Waals surface area contributed by atoms with E-state index in [0.717, 1.165) is 0 Å². The van der Waals surface area contributed by atoms with Crippen LogP contribution >= 0.6 is 11.6 Å². The Morgan fingerprint density at radius 1 is 1.71 bits per heavy atom. The Morgan fingerprint density at radius 2 is 2.29 bits per heavy atom. The number of aliphatic hydroxyl groups is 1. The minimum atomic E-state index is -0.306. The van der Waals surface area contributed by atoms with Gasteiger partial charge in [-0.2, -0.15) is 0 Å². The topological polar surface area (TPSA) is 49.3 Å². The molecular weight excluding hydrogens is 202 g/mol. The summed E-state index contributed by atoms with van der Waals surface area (Å²) in [6.45, 7) is 5.71. The molecule has 1 aliphatic carbocycles. The van der Waals surface area contributed by atoms with Crippen molar-refractivity contribution in [3.8, 4) is 0 Å². The largest absolute Gasteiger partial charge is 0.392 e. The summed E-state index contributed by atoms with van der Waals surface area (Å²) in [5.74, 6) is 0.150. The Labute approximate surface area is 89.8 Å². The summed E-state index contributed by atoms with van der Waals surface area (Å²) in [5, 5.41) is 12.4. The van der Waals surface area contributed by atoms with Gasteiger partial charge in [0, 0.05) is 23.3 Å². The lowest BCUT2D eigenvalue weighted by atomic mass is 9.64. The second kappa shape index (κ2) is 4.07. The molecule has 14 heavy (non-hydrogen) atoms. The highest BCUT2D eigenvalue weighted by Gasteiger charge is 2.48. The highest BCUT2D eigenvalue weighted by atomic mass is 35.5. The van der Waals surface area contributed by atoms with Crippen molar-refractivity contribution in [1.29, 1.82) is 0 Å². The van der Waals surface area contributed by atoms with Crippen LogP contribution in [-0.4, -0.2) is 29.0 Å². The van der Waals surface area contributed by atoms with E-state index in [1.165, 1.54) is 0 Å². The van der Waals surface area contributed by atoms with Gasteiger partial charge in [-0.05, 0) is 6.42 Å². The molecule has 1 rings (SSSR count). The third kappa shape index (κ3) is 2.04. The molecule has 1 amide bonds. The van der Waals surface area contributed by atoms with Crippen LogP contribution in [0.3, 0.4) is 0 Å². The number of carbonyl (C=O) groups excluding carboxylic acids is 1. The molecule has 0 aromatic heterocycles. The zero-order valence-electron chi connectivity index (χ0n) is 8.88.